The molecule has 0 spiro atoms. The highest BCUT2D eigenvalue weighted by molar-refractivity contribution is 5.94. The van der Waals surface area contributed by atoms with Crippen LogP contribution in [-0.2, 0) is 0 Å². The first-order chi connectivity index (χ1) is 11.5. The van der Waals surface area contributed by atoms with Crippen molar-refractivity contribution in [3.05, 3.63) is 59.7 Å². The second kappa shape index (κ2) is 6.78. The van der Waals surface area contributed by atoms with E-state index < -0.39 is 23.8 Å². The number of benzene rings is 2. The highest BCUT2D eigenvalue weighted by Gasteiger charge is 2.57. The fraction of sp³-hybridized carbons (Fsp3) is 0.235. The van der Waals surface area contributed by atoms with Gasteiger partial charge in [0.1, 0.15) is 11.5 Å². The van der Waals surface area contributed by atoms with Crippen molar-refractivity contribution >= 4 is 5.78 Å². The average molecular weight is 362 g/mol. The van der Waals surface area contributed by atoms with Crippen LogP contribution in [-0.4, -0.2) is 18.1 Å². The van der Waals surface area contributed by atoms with Gasteiger partial charge in [0.15, 0.2) is 11.7 Å². The zero-order valence-electron chi connectivity index (χ0n) is 12.8. The van der Waals surface area contributed by atoms with Crippen LogP contribution >= 0.6 is 0 Å². The highest BCUT2D eigenvalue weighted by atomic mass is 19.4. The summed E-state index contributed by atoms with van der Waals surface area (Å²) in [5, 5.41) is 0. The molecular weight excluding hydrogens is 350 g/mol. The first-order valence-electron chi connectivity index (χ1n) is 7.01. The summed E-state index contributed by atoms with van der Waals surface area (Å²) >= 11 is 0. The Morgan fingerprint density at radius 1 is 0.800 bits per heavy atom. The lowest BCUT2D eigenvalue weighted by molar-refractivity contribution is -0.253. The molecule has 0 aromatic heterocycles. The molecule has 0 radical (unpaired) electrons. The van der Waals surface area contributed by atoms with Crippen molar-refractivity contribution in [2.24, 2.45) is 0 Å². The summed E-state index contributed by atoms with van der Waals surface area (Å²) in [5.74, 6) is -3.34. The largest absolute Gasteiger partial charge is 0.457 e. The monoisotopic (exact) mass is 362 g/mol. The molecular formula is C17H12F6O2. The molecule has 0 amide bonds. The molecule has 2 nitrogen and oxygen atoms in total. The Morgan fingerprint density at radius 2 is 1.20 bits per heavy atom. The van der Waals surface area contributed by atoms with Crippen molar-refractivity contribution in [3.63, 3.8) is 0 Å². The van der Waals surface area contributed by atoms with E-state index in [1.54, 1.807) is 0 Å². The molecule has 0 saturated heterocycles. The number of hydrogen-bond donors (Lipinski definition) is 0. The van der Waals surface area contributed by atoms with Gasteiger partial charge >= 0.3 is 12.4 Å². The lowest BCUT2D eigenvalue weighted by Crippen LogP contribution is -2.34. The highest BCUT2D eigenvalue weighted by Crippen LogP contribution is 2.46. The van der Waals surface area contributed by atoms with E-state index in [1.807, 2.05) is 0 Å². The first kappa shape index (κ1) is 18.8. The minimum absolute atomic E-state index is 0.0717. The van der Waals surface area contributed by atoms with Gasteiger partial charge in [-0.1, -0.05) is 12.1 Å². The molecule has 8 heteroatoms. The topological polar surface area (TPSA) is 26.3 Å². The molecule has 0 N–H and O–H groups in total. The van der Waals surface area contributed by atoms with Crippen LogP contribution < -0.4 is 4.74 Å². The Hall–Kier alpha value is -2.51. The third kappa shape index (κ3) is 4.74. The van der Waals surface area contributed by atoms with Crippen LogP contribution in [0.4, 0.5) is 26.3 Å². The standard InChI is InChI=1S/C17H12F6O2/c1-10(24)11-2-6-13(7-3-11)25-14-8-4-12(5-9-14)15(16(18,19)20)17(21,22)23/h2-9,15H,1H3. The fourth-order valence-corrected chi connectivity index (χ4v) is 2.19. The molecule has 0 unspecified atom stereocenters. The van der Waals surface area contributed by atoms with E-state index in [-0.39, 0.29) is 11.5 Å². The Balaban J connectivity index is 2.20. The second-order valence-corrected chi connectivity index (χ2v) is 5.27. The SMILES string of the molecule is CC(=O)c1ccc(Oc2ccc(C(C(F)(F)F)C(F)(F)F)cc2)cc1. The van der Waals surface area contributed by atoms with Crippen molar-refractivity contribution in [2.45, 2.75) is 25.2 Å². The number of halogens is 6. The van der Waals surface area contributed by atoms with Gasteiger partial charge in [-0.3, -0.25) is 4.79 Å². The maximum absolute atomic E-state index is 12.7. The number of rotatable bonds is 4. The van der Waals surface area contributed by atoms with E-state index in [4.69, 9.17) is 4.74 Å². The Bertz CT molecular complexity index is 716. The number of carbonyl (C=O) groups excluding carboxylic acids is 1. The molecule has 2 aromatic rings. The van der Waals surface area contributed by atoms with Gasteiger partial charge in [0.25, 0.3) is 0 Å². The van der Waals surface area contributed by atoms with Gasteiger partial charge in [-0.15, -0.1) is 0 Å². The van der Waals surface area contributed by atoms with E-state index in [2.05, 4.69) is 0 Å². The summed E-state index contributed by atoms with van der Waals surface area (Å²) < 4.78 is 81.4. The number of carbonyl (C=O) groups is 1. The van der Waals surface area contributed by atoms with Crippen molar-refractivity contribution in [3.8, 4) is 11.5 Å². The van der Waals surface area contributed by atoms with Gasteiger partial charge in [0.2, 0.25) is 0 Å². The zero-order valence-corrected chi connectivity index (χ0v) is 12.8. The molecule has 0 aliphatic carbocycles. The molecule has 0 fully saturated rings. The van der Waals surface area contributed by atoms with E-state index in [0.29, 0.717) is 11.3 Å². The number of ketones is 1. The van der Waals surface area contributed by atoms with Gasteiger partial charge in [0.05, 0.1) is 0 Å². The van der Waals surface area contributed by atoms with Crippen LogP contribution in [0, 0.1) is 0 Å². The minimum Gasteiger partial charge on any atom is -0.457 e. The zero-order chi connectivity index (χ0) is 18.8. The predicted molar refractivity (Wildman–Crippen MR) is 77.8 cm³/mol. The molecule has 0 bridgehead atoms. The fourth-order valence-electron chi connectivity index (χ4n) is 2.19. The lowest BCUT2D eigenvalue weighted by atomic mass is 9.98. The molecule has 0 saturated carbocycles. The summed E-state index contributed by atoms with van der Waals surface area (Å²) in [6.07, 6.45) is -10.9. The molecule has 25 heavy (non-hydrogen) atoms. The van der Waals surface area contributed by atoms with Gasteiger partial charge in [-0.25, -0.2) is 0 Å². The molecule has 0 aliphatic heterocycles. The minimum atomic E-state index is -5.44. The molecule has 0 heterocycles. The van der Waals surface area contributed by atoms with Crippen molar-refractivity contribution in [2.75, 3.05) is 0 Å². The average Bonchev–Trinajstić information content (AvgIpc) is 2.47. The van der Waals surface area contributed by atoms with E-state index in [9.17, 15) is 31.1 Å². The van der Waals surface area contributed by atoms with Crippen LogP contribution in [0.1, 0.15) is 28.8 Å². The number of hydrogen-bond acceptors (Lipinski definition) is 2. The predicted octanol–water partition coefficient (Wildman–Crippen LogP) is 5.89. The van der Waals surface area contributed by atoms with Gasteiger partial charge in [-0.2, -0.15) is 26.3 Å². The van der Waals surface area contributed by atoms with Crippen molar-refractivity contribution < 1.29 is 35.9 Å². The number of Topliss-reactive ketones (excluding diaryl/α,β-unsaturated/α-hetero) is 1. The molecule has 134 valence electrons. The maximum Gasteiger partial charge on any atom is 0.404 e. The van der Waals surface area contributed by atoms with Crippen LogP contribution in [0.3, 0.4) is 0 Å². The summed E-state index contributed by atoms with van der Waals surface area (Å²) in [5.41, 5.74) is -0.472. The maximum atomic E-state index is 12.7. The van der Waals surface area contributed by atoms with Gasteiger partial charge in [0, 0.05) is 5.56 Å². The summed E-state index contributed by atoms with van der Waals surface area (Å²) in [6, 6.07) is 9.44. The summed E-state index contributed by atoms with van der Waals surface area (Å²) in [6.45, 7) is 1.38. The molecule has 2 aromatic carbocycles. The van der Waals surface area contributed by atoms with E-state index >= 15 is 0 Å². The third-order valence-corrected chi connectivity index (χ3v) is 3.36. The molecule has 0 aliphatic rings. The van der Waals surface area contributed by atoms with E-state index in [0.717, 1.165) is 24.3 Å². The van der Waals surface area contributed by atoms with Gasteiger partial charge in [-0.05, 0) is 48.9 Å². The Kier molecular flexibility index (Phi) is 5.10. The van der Waals surface area contributed by atoms with Crippen LogP contribution in [0.25, 0.3) is 0 Å². The molecule has 2 rings (SSSR count). The van der Waals surface area contributed by atoms with Crippen LogP contribution in [0.15, 0.2) is 48.5 Å². The Morgan fingerprint density at radius 3 is 1.56 bits per heavy atom. The second-order valence-electron chi connectivity index (χ2n) is 5.27. The lowest BCUT2D eigenvalue weighted by Gasteiger charge is -2.23. The summed E-state index contributed by atoms with van der Waals surface area (Å²) in [4.78, 5) is 11.2. The van der Waals surface area contributed by atoms with Gasteiger partial charge < -0.3 is 4.74 Å². The smallest absolute Gasteiger partial charge is 0.404 e. The van der Waals surface area contributed by atoms with Crippen molar-refractivity contribution in [1.82, 2.24) is 0 Å². The third-order valence-electron chi connectivity index (χ3n) is 3.36. The Labute approximate surface area is 139 Å². The number of ether oxygens (including phenoxy) is 1. The van der Waals surface area contributed by atoms with E-state index in [1.165, 1.54) is 31.2 Å². The first-order valence-corrected chi connectivity index (χ1v) is 7.01. The molecule has 0 atom stereocenters. The van der Waals surface area contributed by atoms with Crippen molar-refractivity contribution in [1.29, 1.82) is 0 Å². The van der Waals surface area contributed by atoms with Crippen LogP contribution in [0.5, 0.6) is 11.5 Å². The van der Waals surface area contributed by atoms with Crippen LogP contribution in [0.2, 0.25) is 0 Å². The quantitative estimate of drug-likeness (QED) is 0.501. The normalized spacial score (nSPS) is 12.3. The summed E-state index contributed by atoms with van der Waals surface area (Å²) in [7, 11) is 0. The number of alkyl halides is 6.